The maximum atomic E-state index is 8.96. The number of rotatable bonds is 3. The number of benzene rings is 1. The summed E-state index contributed by atoms with van der Waals surface area (Å²) in [5.41, 5.74) is 2.34. The second-order valence-corrected chi connectivity index (χ2v) is 3.61. The summed E-state index contributed by atoms with van der Waals surface area (Å²) >= 11 is 0. The van der Waals surface area contributed by atoms with Gasteiger partial charge in [0, 0.05) is 24.2 Å². The fourth-order valence-corrected chi connectivity index (χ4v) is 1.88. The molecule has 3 nitrogen and oxygen atoms in total. The number of fused-ring (bicyclic) bond motifs is 1. The van der Waals surface area contributed by atoms with Crippen LogP contribution >= 0.6 is 0 Å². The van der Waals surface area contributed by atoms with Crippen LogP contribution in [0.5, 0.6) is 5.75 Å². The average molecular weight is 205 g/mol. The topological polar surface area (TPSA) is 34.4 Å². The molecule has 0 aliphatic rings. The van der Waals surface area contributed by atoms with Gasteiger partial charge in [0.15, 0.2) is 0 Å². The number of aromatic nitrogens is 1. The highest BCUT2D eigenvalue weighted by atomic mass is 16.5. The minimum Gasteiger partial charge on any atom is -0.497 e. The molecule has 1 aromatic heterocycles. The van der Waals surface area contributed by atoms with E-state index in [0.29, 0.717) is 6.54 Å². The molecule has 2 rings (SSSR count). The molecule has 0 bridgehead atoms. The summed E-state index contributed by atoms with van der Waals surface area (Å²) in [5, 5.41) is 10.2. The fourth-order valence-electron chi connectivity index (χ4n) is 1.88. The molecular weight excluding hydrogens is 190 g/mol. The SMILES string of the molecule is COc1ccc2c(C)cn(CCO)c2c1. The summed E-state index contributed by atoms with van der Waals surface area (Å²) in [7, 11) is 1.66. The van der Waals surface area contributed by atoms with Crippen molar-refractivity contribution in [3.05, 3.63) is 30.0 Å². The second kappa shape index (κ2) is 3.95. The van der Waals surface area contributed by atoms with Crippen molar-refractivity contribution in [1.82, 2.24) is 4.57 Å². The van der Waals surface area contributed by atoms with E-state index in [9.17, 15) is 0 Å². The molecule has 0 atom stereocenters. The molecule has 0 unspecified atom stereocenters. The van der Waals surface area contributed by atoms with Crippen LogP contribution in [0.4, 0.5) is 0 Å². The minimum atomic E-state index is 0.153. The molecule has 0 radical (unpaired) electrons. The van der Waals surface area contributed by atoms with Crippen molar-refractivity contribution in [1.29, 1.82) is 0 Å². The van der Waals surface area contributed by atoms with E-state index >= 15 is 0 Å². The molecule has 0 spiro atoms. The monoisotopic (exact) mass is 205 g/mol. The van der Waals surface area contributed by atoms with Gasteiger partial charge in [-0.1, -0.05) is 0 Å². The Balaban J connectivity index is 2.60. The number of aliphatic hydroxyl groups excluding tert-OH is 1. The third kappa shape index (κ3) is 1.70. The molecule has 1 aromatic carbocycles. The Bertz CT molecular complexity index is 474. The van der Waals surface area contributed by atoms with Crippen LogP contribution in [-0.2, 0) is 6.54 Å². The lowest BCUT2D eigenvalue weighted by Gasteiger charge is -2.04. The van der Waals surface area contributed by atoms with Gasteiger partial charge in [-0.2, -0.15) is 0 Å². The molecule has 80 valence electrons. The molecule has 0 aliphatic heterocycles. The summed E-state index contributed by atoms with van der Waals surface area (Å²) in [6.45, 7) is 2.85. The first-order valence-corrected chi connectivity index (χ1v) is 5.00. The van der Waals surface area contributed by atoms with Gasteiger partial charge in [0.2, 0.25) is 0 Å². The van der Waals surface area contributed by atoms with Gasteiger partial charge < -0.3 is 14.4 Å². The fraction of sp³-hybridized carbons (Fsp3) is 0.333. The number of ether oxygens (including phenoxy) is 1. The molecule has 0 saturated heterocycles. The number of hydrogen-bond donors (Lipinski definition) is 1. The standard InChI is InChI=1S/C12H15NO2/c1-9-8-13(5-6-14)12-7-10(15-2)3-4-11(9)12/h3-4,7-8,14H,5-6H2,1-2H3. The van der Waals surface area contributed by atoms with E-state index in [1.807, 2.05) is 16.7 Å². The molecule has 0 aliphatic carbocycles. The predicted octanol–water partition coefficient (Wildman–Crippen LogP) is 1.95. The molecule has 2 aromatic rings. The first kappa shape index (κ1) is 10.1. The maximum absolute atomic E-state index is 8.96. The summed E-state index contributed by atoms with van der Waals surface area (Å²) in [5.74, 6) is 0.847. The highest BCUT2D eigenvalue weighted by Gasteiger charge is 2.05. The minimum absolute atomic E-state index is 0.153. The van der Waals surface area contributed by atoms with Gasteiger partial charge in [0.05, 0.1) is 19.2 Å². The lowest BCUT2D eigenvalue weighted by Crippen LogP contribution is -1.99. The Morgan fingerprint density at radius 3 is 2.87 bits per heavy atom. The van der Waals surface area contributed by atoms with Gasteiger partial charge >= 0.3 is 0 Å². The van der Waals surface area contributed by atoms with Crippen molar-refractivity contribution in [3.8, 4) is 5.75 Å². The third-order valence-corrected chi connectivity index (χ3v) is 2.63. The van der Waals surface area contributed by atoms with E-state index in [1.54, 1.807) is 7.11 Å². The first-order valence-electron chi connectivity index (χ1n) is 5.00. The zero-order chi connectivity index (χ0) is 10.8. The van der Waals surface area contributed by atoms with Crippen LogP contribution in [-0.4, -0.2) is 23.4 Å². The maximum Gasteiger partial charge on any atom is 0.120 e. The summed E-state index contributed by atoms with van der Waals surface area (Å²) in [6, 6.07) is 6.01. The Kier molecular flexibility index (Phi) is 2.64. The van der Waals surface area contributed by atoms with Crippen molar-refractivity contribution in [3.63, 3.8) is 0 Å². The smallest absolute Gasteiger partial charge is 0.120 e. The molecule has 1 heterocycles. The third-order valence-electron chi connectivity index (χ3n) is 2.63. The van der Waals surface area contributed by atoms with Gasteiger partial charge in [-0.15, -0.1) is 0 Å². The van der Waals surface area contributed by atoms with Gasteiger partial charge in [0.25, 0.3) is 0 Å². The lowest BCUT2D eigenvalue weighted by molar-refractivity contribution is 0.278. The number of methoxy groups -OCH3 is 1. The van der Waals surface area contributed by atoms with E-state index in [1.165, 1.54) is 10.9 Å². The largest absolute Gasteiger partial charge is 0.497 e. The predicted molar refractivity (Wildman–Crippen MR) is 60.3 cm³/mol. The second-order valence-electron chi connectivity index (χ2n) is 3.61. The van der Waals surface area contributed by atoms with E-state index in [4.69, 9.17) is 9.84 Å². The van der Waals surface area contributed by atoms with Crippen LogP contribution in [0.1, 0.15) is 5.56 Å². The van der Waals surface area contributed by atoms with Gasteiger partial charge in [-0.3, -0.25) is 0 Å². The van der Waals surface area contributed by atoms with Crippen LogP contribution in [0.2, 0.25) is 0 Å². The molecule has 0 fully saturated rings. The highest BCUT2D eigenvalue weighted by Crippen LogP contribution is 2.25. The number of nitrogens with zero attached hydrogens (tertiary/aromatic N) is 1. The van der Waals surface area contributed by atoms with E-state index < -0.39 is 0 Å². The summed E-state index contributed by atoms with van der Waals surface area (Å²) in [4.78, 5) is 0. The molecule has 15 heavy (non-hydrogen) atoms. The van der Waals surface area contributed by atoms with Crippen molar-refractivity contribution >= 4 is 10.9 Å². The molecule has 1 N–H and O–H groups in total. The first-order chi connectivity index (χ1) is 7.26. The van der Waals surface area contributed by atoms with E-state index in [-0.39, 0.29) is 6.61 Å². The van der Waals surface area contributed by atoms with Crippen LogP contribution in [0.3, 0.4) is 0 Å². The van der Waals surface area contributed by atoms with Crippen molar-refractivity contribution in [2.75, 3.05) is 13.7 Å². The summed E-state index contributed by atoms with van der Waals surface area (Å²) in [6.07, 6.45) is 2.06. The van der Waals surface area contributed by atoms with E-state index in [2.05, 4.69) is 19.2 Å². The molecular formula is C12H15NO2. The van der Waals surface area contributed by atoms with Crippen LogP contribution in [0.15, 0.2) is 24.4 Å². The van der Waals surface area contributed by atoms with Crippen LogP contribution in [0.25, 0.3) is 10.9 Å². The Morgan fingerprint density at radius 1 is 1.40 bits per heavy atom. The number of aliphatic hydroxyl groups is 1. The Hall–Kier alpha value is -1.48. The highest BCUT2D eigenvalue weighted by molar-refractivity contribution is 5.85. The van der Waals surface area contributed by atoms with Crippen molar-refractivity contribution < 1.29 is 9.84 Å². The molecule has 3 heteroatoms. The van der Waals surface area contributed by atoms with Crippen molar-refractivity contribution in [2.45, 2.75) is 13.5 Å². The summed E-state index contributed by atoms with van der Waals surface area (Å²) < 4.78 is 7.24. The zero-order valence-electron chi connectivity index (χ0n) is 9.03. The quantitative estimate of drug-likeness (QED) is 0.831. The van der Waals surface area contributed by atoms with Crippen LogP contribution < -0.4 is 4.74 Å². The molecule has 0 amide bonds. The van der Waals surface area contributed by atoms with Gasteiger partial charge in [-0.05, 0) is 24.6 Å². The Labute approximate surface area is 88.9 Å². The molecule has 0 saturated carbocycles. The number of aryl methyl sites for hydroxylation is 1. The normalized spacial score (nSPS) is 10.9. The van der Waals surface area contributed by atoms with Crippen molar-refractivity contribution in [2.24, 2.45) is 0 Å². The zero-order valence-corrected chi connectivity index (χ0v) is 9.03. The number of hydrogen-bond acceptors (Lipinski definition) is 2. The average Bonchev–Trinajstić information content (AvgIpc) is 2.56. The van der Waals surface area contributed by atoms with Gasteiger partial charge in [0.1, 0.15) is 5.75 Å². The van der Waals surface area contributed by atoms with Crippen LogP contribution in [0, 0.1) is 6.92 Å². The lowest BCUT2D eigenvalue weighted by atomic mass is 10.2. The Morgan fingerprint density at radius 2 is 2.20 bits per heavy atom. The van der Waals surface area contributed by atoms with E-state index in [0.717, 1.165) is 11.3 Å². The van der Waals surface area contributed by atoms with Gasteiger partial charge in [-0.25, -0.2) is 0 Å².